The SMILES string of the molecule is [CH-]=C[C@H](CC1CCNC1=O)[C@H](CC(C)C)NC(=O)C(C)=C(C)C.[Co]. The van der Waals surface area contributed by atoms with Gasteiger partial charge in [0, 0.05) is 40.9 Å². The number of nitrogens with one attached hydrogen (secondary N) is 2. The fourth-order valence-electron chi connectivity index (χ4n) is 2.93. The minimum atomic E-state index is -0.0461. The standard InChI is InChI=1S/C19H31N2O2.Co/c1-7-15(11-16-8-9-20-19(16)23)17(10-12(2)3)21-18(22)14(6)13(4)5;/h1,7,12,15-17H,8-11H2,2-6H3,(H,20,23)(H,21,22);/q-1;/t15-,16?,17+;/m1./s1. The first-order valence-electron chi connectivity index (χ1n) is 8.54. The van der Waals surface area contributed by atoms with Gasteiger partial charge in [0.25, 0.3) is 0 Å². The van der Waals surface area contributed by atoms with Gasteiger partial charge >= 0.3 is 0 Å². The Kier molecular flexibility index (Phi) is 10.2. The van der Waals surface area contributed by atoms with Crippen molar-refractivity contribution in [3.8, 4) is 0 Å². The average molecular weight is 378 g/mol. The molecular formula is C19H31CoN2O2-. The van der Waals surface area contributed by atoms with Crippen LogP contribution >= 0.6 is 0 Å². The Morgan fingerprint density at radius 3 is 2.42 bits per heavy atom. The van der Waals surface area contributed by atoms with Gasteiger partial charge in [0.05, 0.1) is 0 Å². The van der Waals surface area contributed by atoms with E-state index in [-0.39, 0.29) is 46.5 Å². The molecule has 24 heavy (non-hydrogen) atoms. The van der Waals surface area contributed by atoms with Gasteiger partial charge in [-0.05, 0) is 51.9 Å². The molecule has 1 saturated heterocycles. The van der Waals surface area contributed by atoms with Crippen molar-refractivity contribution in [3.05, 3.63) is 23.8 Å². The van der Waals surface area contributed by atoms with Gasteiger partial charge in [0.15, 0.2) is 0 Å². The van der Waals surface area contributed by atoms with Crippen molar-refractivity contribution >= 4 is 11.8 Å². The third-order valence-corrected chi connectivity index (χ3v) is 4.62. The minimum absolute atomic E-state index is 0. The summed E-state index contributed by atoms with van der Waals surface area (Å²) in [5.74, 6) is 0.494. The van der Waals surface area contributed by atoms with E-state index >= 15 is 0 Å². The van der Waals surface area contributed by atoms with Crippen molar-refractivity contribution in [3.63, 3.8) is 0 Å². The molecule has 139 valence electrons. The Hall–Kier alpha value is -1.07. The van der Waals surface area contributed by atoms with Crippen LogP contribution in [0.1, 0.15) is 53.9 Å². The summed E-state index contributed by atoms with van der Waals surface area (Å²) >= 11 is 0. The summed E-state index contributed by atoms with van der Waals surface area (Å²) in [4.78, 5) is 24.2. The third-order valence-electron chi connectivity index (χ3n) is 4.62. The maximum Gasteiger partial charge on any atom is 0.247 e. The second-order valence-corrected chi connectivity index (χ2v) is 7.20. The van der Waals surface area contributed by atoms with E-state index in [1.54, 1.807) is 6.08 Å². The van der Waals surface area contributed by atoms with Crippen molar-refractivity contribution in [1.29, 1.82) is 0 Å². The van der Waals surface area contributed by atoms with Gasteiger partial charge in [-0.25, -0.2) is 0 Å². The molecule has 4 nitrogen and oxygen atoms in total. The molecule has 1 rings (SSSR count). The molecule has 0 aromatic carbocycles. The molecular weight excluding hydrogens is 347 g/mol. The summed E-state index contributed by atoms with van der Waals surface area (Å²) in [5, 5.41) is 5.99. The third kappa shape index (κ3) is 6.81. The number of carbonyl (C=O) groups is 2. The number of carbonyl (C=O) groups excluding carboxylic acids is 2. The summed E-state index contributed by atoms with van der Waals surface area (Å²) in [5.41, 5.74) is 1.75. The van der Waals surface area contributed by atoms with Crippen LogP contribution in [0.5, 0.6) is 0 Å². The fourth-order valence-corrected chi connectivity index (χ4v) is 2.93. The van der Waals surface area contributed by atoms with Crippen LogP contribution in [0, 0.1) is 24.3 Å². The molecule has 3 atom stereocenters. The number of hydrogen-bond acceptors (Lipinski definition) is 2. The van der Waals surface area contributed by atoms with Crippen LogP contribution in [0.2, 0.25) is 0 Å². The van der Waals surface area contributed by atoms with E-state index in [1.165, 1.54) is 0 Å². The van der Waals surface area contributed by atoms with E-state index in [2.05, 4.69) is 24.5 Å². The molecule has 0 spiro atoms. The summed E-state index contributed by atoms with van der Waals surface area (Å²) < 4.78 is 0. The molecule has 1 heterocycles. The van der Waals surface area contributed by atoms with Crippen LogP contribution in [-0.4, -0.2) is 24.4 Å². The molecule has 0 aromatic rings. The largest absolute Gasteiger partial charge is 0.518 e. The summed E-state index contributed by atoms with van der Waals surface area (Å²) in [7, 11) is 0. The smallest absolute Gasteiger partial charge is 0.247 e. The van der Waals surface area contributed by atoms with Gasteiger partial charge in [-0.15, -0.1) is 0 Å². The minimum Gasteiger partial charge on any atom is -0.518 e. The number of allylic oxidation sites excluding steroid dienone is 1. The molecule has 1 aliphatic rings. The predicted molar refractivity (Wildman–Crippen MR) is 93.5 cm³/mol. The van der Waals surface area contributed by atoms with Gasteiger partial charge in [0.1, 0.15) is 0 Å². The van der Waals surface area contributed by atoms with E-state index in [9.17, 15) is 9.59 Å². The van der Waals surface area contributed by atoms with Crippen molar-refractivity contribution < 1.29 is 26.4 Å². The molecule has 1 fully saturated rings. The Morgan fingerprint density at radius 2 is 2.00 bits per heavy atom. The van der Waals surface area contributed by atoms with Crippen LogP contribution in [0.25, 0.3) is 0 Å². The second kappa shape index (κ2) is 10.7. The van der Waals surface area contributed by atoms with Gasteiger partial charge in [-0.2, -0.15) is 0 Å². The normalized spacial score (nSPS) is 19.1. The van der Waals surface area contributed by atoms with E-state index in [0.717, 1.165) is 30.5 Å². The van der Waals surface area contributed by atoms with Gasteiger partial charge in [-0.3, -0.25) is 15.7 Å². The van der Waals surface area contributed by atoms with Crippen LogP contribution in [0.15, 0.2) is 17.2 Å². The number of amides is 2. The Morgan fingerprint density at radius 1 is 1.38 bits per heavy atom. The molecule has 5 heteroatoms. The zero-order valence-corrected chi connectivity index (χ0v) is 16.5. The Labute approximate surface area is 157 Å². The zero-order valence-electron chi connectivity index (χ0n) is 15.4. The van der Waals surface area contributed by atoms with E-state index in [0.29, 0.717) is 12.3 Å². The Balaban J connectivity index is 0.00000529. The summed E-state index contributed by atoms with van der Waals surface area (Å²) in [6.07, 6.45) is 4.03. The van der Waals surface area contributed by atoms with Gasteiger partial charge in [-0.1, -0.05) is 19.4 Å². The molecule has 0 aromatic heterocycles. The molecule has 0 bridgehead atoms. The van der Waals surface area contributed by atoms with Crippen molar-refractivity contribution in [2.45, 2.75) is 59.9 Å². The van der Waals surface area contributed by atoms with Crippen molar-refractivity contribution in [2.75, 3.05) is 6.54 Å². The quantitative estimate of drug-likeness (QED) is 0.504. The van der Waals surface area contributed by atoms with Crippen LogP contribution < -0.4 is 10.6 Å². The van der Waals surface area contributed by atoms with Crippen molar-refractivity contribution in [2.24, 2.45) is 17.8 Å². The topological polar surface area (TPSA) is 58.2 Å². The van der Waals surface area contributed by atoms with Crippen LogP contribution in [-0.2, 0) is 26.4 Å². The molecule has 1 aliphatic heterocycles. The van der Waals surface area contributed by atoms with E-state index in [4.69, 9.17) is 6.58 Å². The maximum atomic E-state index is 12.4. The first-order chi connectivity index (χ1) is 10.8. The number of rotatable bonds is 8. The molecule has 0 saturated carbocycles. The second-order valence-electron chi connectivity index (χ2n) is 7.20. The number of hydrogen-bond donors (Lipinski definition) is 2. The molecule has 1 radical (unpaired) electrons. The van der Waals surface area contributed by atoms with Gasteiger partial charge in [0.2, 0.25) is 11.8 Å². The average Bonchev–Trinajstić information content (AvgIpc) is 2.87. The Bertz CT molecular complexity index is 482. The molecule has 2 N–H and O–H groups in total. The van der Waals surface area contributed by atoms with E-state index in [1.807, 2.05) is 20.8 Å². The first-order valence-corrected chi connectivity index (χ1v) is 8.54. The maximum absolute atomic E-state index is 12.4. The van der Waals surface area contributed by atoms with Crippen LogP contribution in [0.4, 0.5) is 0 Å². The van der Waals surface area contributed by atoms with E-state index < -0.39 is 0 Å². The fraction of sp³-hybridized carbons (Fsp3) is 0.684. The van der Waals surface area contributed by atoms with Gasteiger partial charge < -0.3 is 17.2 Å². The molecule has 2 amide bonds. The van der Waals surface area contributed by atoms with Crippen LogP contribution in [0.3, 0.4) is 0 Å². The first kappa shape index (κ1) is 22.9. The summed E-state index contributed by atoms with van der Waals surface area (Å²) in [6, 6.07) is -0.0461. The monoisotopic (exact) mass is 378 g/mol. The molecule has 0 aliphatic carbocycles. The predicted octanol–water partition coefficient (Wildman–Crippen LogP) is 3.00. The molecule has 1 unspecified atom stereocenters. The van der Waals surface area contributed by atoms with Crippen molar-refractivity contribution in [1.82, 2.24) is 10.6 Å². The summed E-state index contributed by atoms with van der Waals surface area (Å²) in [6.45, 7) is 16.6. The zero-order chi connectivity index (χ0) is 17.6.